The lowest BCUT2D eigenvalue weighted by Gasteiger charge is -2.05. The molecule has 7 nitrogen and oxygen atoms in total. The first-order valence-corrected chi connectivity index (χ1v) is 5.38. The molecule has 1 aromatic rings. The minimum Gasteiger partial charge on any atom is -0.480 e. The summed E-state index contributed by atoms with van der Waals surface area (Å²) in [6.45, 7) is 0.477. The van der Waals surface area contributed by atoms with E-state index in [0.29, 0.717) is 24.5 Å². The lowest BCUT2D eigenvalue weighted by Crippen LogP contribution is -2.24. The van der Waals surface area contributed by atoms with E-state index in [9.17, 15) is 9.59 Å². The average molecular weight is 253 g/mol. The van der Waals surface area contributed by atoms with Crippen molar-refractivity contribution in [1.29, 1.82) is 0 Å². The van der Waals surface area contributed by atoms with Crippen LogP contribution in [0.4, 0.5) is 0 Å². The Morgan fingerprint density at radius 3 is 1.83 bits per heavy atom. The molecule has 0 fully saturated rings. The van der Waals surface area contributed by atoms with E-state index in [0.717, 1.165) is 0 Å². The molecule has 0 atom stereocenters. The van der Waals surface area contributed by atoms with Gasteiger partial charge in [0.05, 0.1) is 24.5 Å². The number of hydrogen-bond donors (Lipinski definition) is 4. The van der Waals surface area contributed by atoms with Gasteiger partial charge in [-0.25, -0.2) is 0 Å². The molecule has 0 aliphatic heterocycles. The van der Waals surface area contributed by atoms with Crippen molar-refractivity contribution < 1.29 is 19.8 Å². The second-order valence-electron chi connectivity index (χ2n) is 3.61. The number of carbonyl (C=O) groups is 2. The average Bonchev–Trinajstić information content (AvgIpc) is 2.28. The highest BCUT2D eigenvalue weighted by atomic mass is 16.4. The Balaban J connectivity index is 2.41. The van der Waals surface area contributed by atoms with E-state index < -0.39 is 11.9 Å². The fourth-order valence-corrected chi connectivity index (χ4v) is 1.32. The van der Waals surface area contributed by atoms with E-state index in [1.807, 2.05) is 0 Å². The molecule has 18 heavy (non-hydrogen) atoms. The van der Waals surface area contributed by atoms with Crippen LogP contribution in [0.5, 0.6) is 0 Å². The van der Waals surface area contributed by atoms with Crippen LogP contribution in [-0.2, 0) is 22.7 Å². The number of hydrogen-bond acceptors (Lipinski definition) is 5. The molecular formula is C11H15N3O4. The third-order valence-corrected chi connectivity index (χ3v) is 2.03. The smallest absolute Gasteiger partial charge is 0.317 e. The molecule has 98 valence electrons. The van der Waals surface area contributed by atoms with Crippen molar-refractivity contribution >= 4 is 11.9 Å². The highest BCUT2D eigenvalue weighted by Gasteiger charge is 2.01. The summed E-state index contributed by atoms with van der Waals surface area (Å²) in [4.78, 5) is 24.9. The summed E-state index contributed by atoms with van der Waals surface area (Å²) in [6.07, 6.45) is 0. The van der Waals surface area contributed by atoms with Crippen LogP contribution in [0.15, 0.2) is 18.2 Å². The number of aliphatic carboxylic acids is 2. The molecule has 0 aliphatic carbocycles. The molecule has 0 radical (unpaired) electrons. The van der Waals surface area contributed by atoms with E-state index in [4.69, 9.17) is 10.2 Å². The van der Waals surface area contributed by atoms with E-state index in [-0.39, 0.29) is 13.1 Å². The van der Waals surface area contributed by atoms with Crippen LogP contribution in [0.25, 0.3) is 0 Å². The number of rotatable bonds is 8. The van der Waals surface area contributed by atoms with Crippen LogP contribution >= 0.6 is 0 Å². The van der Waals surface area contributed by atoms with Crippen LogP contribution in [-0.4, -0.2) is 40.2 Å². The summed E-state index contributed by atoms with van der Waals surface area (Å²) >= 11 is 0. The van der Waals surface area contributed by atoms with E-state index in [1.54, 1.807) is 18.2 Å². The number of nitrogens with zero attached hydrogens (tertiary/aromatic N) is 1. The lowest BCUT2D eigenvalue weighted by molar-refractivity contribution is -0.137. The molecule has 7 heteroatoms. The molecular weight excluding hydrogens is 238 g/mol. The number of carboxylic acids is 2. The van der Waals surface area contributed by atoms with Gasteiger partial charge in [-0.2, -0.15) is 0 Å². The predicted octanol–water partition coefficient (Wildman–Crippen LogP) is -0.570. The molecule has 4 N–H and O–H groups in total. The molecule has 0 saturated heterocycles. The van der Waals surface area contributed by atoms with Gasteiger partial charge in [-0.3, -0.25) is 14.6 Å². The monoisotopic (exact) mass is 253 g/mol. The molecule has 0 saturated carbocycles. The maximum atomic E-state index is 10.3. The first kappa shape index (κ1) is 14.1. The van der Waals surface area contributed by atoms with Crippen molar-refractivity contribution in [2.24, 2.45) is 0 Å². The maximum absolute atomic E-state index is 10.3. The number of pyridine rings is 1. The zero-order valence-electron chi connectivity index (χ0n) is 9.72. The van der Waals surface area contributed by atoms with Crippen LogP contribution < -0.4 is 10.6 Å². The van der Waals surface area contributed by atoms with Gasteiger partial charge in [0.15, 0.2) is 0 Å². The lowest BCUT2D eigenvalue weighted by atomic mass is 10.3. The van der Waals surface area contributed by atoms with Crippen LogP contribution in [0.2, 0.25) is 0 Å². The summed E-state index contributed by atoms with van der Waals surface area (Å²) in [5, 5.41) is 22.4. The van der Waals surface area contributed by atoms with Gasteiger partial charge in [-0.15, -0.1) is 0 Å². The van der Waals surface area contributed by atoms with E-state index >= 15 is 0 Å². The summed E-state index contributed by atoms with van der Waals surface area (Å²) < 4.78 is 0. The fourth-order valence-electron chi connectivity index (χ4n) is 1.32. The topological polar surface area (TPSA) is 112 Å². The second kappa shape index (κ2) is 7.36. The minimum atomic E-state index is -0.922. The summed E-state index contributed by atoms with van der Waals surface area (Å²) in [5.74, 6) is -1.84. The van der Waals surface area contributed by atoms with Crippen molar-refractivity contribution in [3.05, 3.63) is 29.6 Å². The van der Waals surface area contributed by atoms with Crippen LogP contribution in [0.3, 0.4) is 0 Å². The first-order valence-electron chi connectivity index (χ1n) is 5.38. The van der Waals surface area contributed by atoms with Crippen molar-refractivity contribution in [1.82, 2.24) is 15.6 Å². The van der Waals surface area contributed by atoms with Crippen molar-refractivity contribution in [2.45, 2.75) is 13.1 Å². The van der Waals surface area contributed by atoms with Gasteiger partial charge in [-0.05, 0) is 12.1 Å². The predicted molar refractivity (Wildman–Crippen MR) is 62.9 cm³/mol. The zero-order valence-corrected chi connectivity index (χ0v) is 9.72. The van der Waals surface area contributed by atoms with Crippen molar-refractivity contribution in [3.63, 3.8) is 0 Å². The maximum Gasteiger partial charge on any atom is 0.317 e. The quantitative estimate of drug-likeness (QED) is 0.491. The Labute approximate surface area is 104 Å². The van der Waals surface area contributed by atoms with Crippen molar-refractivity contribution in [2.75, 3.05) is 13.1 Å². The molecule has 0 amide bonds. The summed E-state index contributed by atoms with van der Waals surface area (Å²) in [6, 6.07) is 5.34. The Morgan fingerprint density at radius 1 is 1.00 bits per heavy atom. The van der Waals surface area contributed by atoms with E-state index in [1.165, 1.54) is 0 Å². The zero-order chi connectivity index (χ0) is 13.4. The van der Waals surface area contributed by atoms with Gasteiger partial charge in [0.1, 0.15) is 0 Å². The molecule has 0 aromatic carbocycles. The number of carboxylic acid groups (broad SMARTS) is 2. The van der Waals surface area contributed by atoms with Gasteiger partial charge in [-0.1, -0.05) is 6.07 Å². The van der Waals surface area contributed by atoms with Crippen molar-refractivity contribution in [3.8, 4) is 0 Å². The van der Waals surface area contributed by atoms with E-state index in [2.05, 4.69) is 15.6 Å². The van der Waals surface area contributed by atoms with Crippen LogP contribution in [0, 0.1) is 0 Å². The Kier molecular flexibility index (Phi) is 5.75. The minimum absolute atomic E-state index is 0.122. The molecule has 0 unspecified atom stereocenters. The summed E-state index contributed by atoms with van der Waals surface area (Å²) in [7, 11) is 0. The largest absolute Gasteiger partial charge is 0.480 e. The Morgan fingerprint density at radius 2 is 1.44 bits per heavy atom. The SMILES string of the molecule is O=C(O)CNCc1cccc(CNCC(=O)O)n1. The van der Waals surface area contributed by atoms with Gasteiger partial charge in [0.2, 0.25) is 0 Å². The molecule has 0 aliphatic rings. The number of aromatic nitrogens is 1. The third kappa shape index (κ3) is 5.92. The second-order valence-corrected chi connectivity index (χ2v) is 3.61. The first-order chi connectivity index (χ1) is 8.58. The van der Waals surface area contributed by atoms with Gasteiger partial charge in [0.25, 0.3) is 0 Å². The van der Waals surface area contributed by atoms with Gasteiger partial charge >= 0.3 is 11.9 Å². The van der Waals surface area contributed by atoms with Gasteiger partial charge in [0, 0.05) is 13.1 Å². The van der Waals surface area contributed by atoms with Crippen LogP contribution in [0.1, 0.15) is 11.4 Å². The highest BCUT2D eigenvalue weighted by molar-refractivity contribution is 5.69. The molecule has 0 spiro atoms. The number of nitrogens with one attached hydrogen (secondary N) is 2. The van der Waals surface area contributed by atoms with Gasteiger partial charge < -0.3 is 20.8 Å². The standard InChI is InChI=1S/C11H15N3O4/c15-10(16)6-12-4-8-2-1-3-9(14-8)5-13-7-11(17)18/h1-3,12-13H,4-7H2,(H,15,16)(H,17,18). The summed E-state index contributed by atoms with van der Waals surface area (Å²) in [5.41, 5.74) is 1.43. The normalized spacial score (nSPS) is 10.2. The highest BCUT2D eigenvalue weighted by Crippen LogP contribution is 1.99. The molecule has 0 bridgehead atoms. The Bertz CT molecular complexity index is 387. The fraction of sp³-hybridized carbons (Fsp3) is 0.364. The molecule has 1 rings (SSSR count). The third-order valence-electron chi connectivity index (χ3n) is 2.03. The molecule has 1 heterocycles. The molecule has 1 aromatic heterocycles. The Hall–Kier alpha value is -1.99.